The lowest BCUT2D eigenvalue weighted by Gasteiger charge is -2.32. The van der Waals surface area contributed by atoms with Crippen LogP contribution in [-0.2, 0) is 4.79 Å². The molecule has 0 unspecified atom stereocenters. The van der Waals surface area contributed by atoms with Crippen molar-refractivity contribution in [2.45, 2.75) is 12.8 Å². The van der Waals surface area contributed by atoms with Crippen LogP contribution in [0.1, 0.15) is 23.2 Å². The van der Waals surface area contributed by atoms with Crippen molar-refractivity contribution in [1.82, 2.24) is 4.98 Å². The number of anilines is 1. The molecule has 0 atom stereocenters. The van der Waals surface area contributed by atoms with Gasteiger partial charge in [-0.15, -0.1) is 0 Å². The van der Waals surface area contributed by atoms with E-state index in [0.29, 0.717) is 31.6 Å². The molecule has 2 rings (SSSR count). The highest BCUT2D eigenvalue weighted by atomic mass is 16.4. The molecular weight excluding hydrogens is 234 g/mol. The highest BCUT2D eigenvalue weighted by Crippen LogP contribution is 2.25. The second kappa shape index (κ2) is 5.03. The zero-order chi connectivity index (χ0) is 13.1. The number of aromatic carboxylic acids is 1. The third-order valence-corrected chi connectivity index (χ3v) is 3.27. The Morgan fingerprint density at radius 2 is 2.06 bits per heavy atom. The topological polar surface area (TPSA) is 96.5 Å². The van der Waals surface area contributed by atoms with Gasteiger partial charge in [0.15, 0.2) is 0 Å². The smallest absolute Gasteiger partial charge is 0.337 e. The van der Waals surface area contributed by atoms with Gasteiger partial charge in [0.2, 0.25) is 5.91 Å². The van der Waals surface area contributed by atoms with Crippen molar-refractivity contribution in [1.29, 1.82) is 0 Å². The molecule has 18 heavy (non-hydrogen) atoms. The van der Waals surface area contributed by atoms with E-state index in [1.165, 1.54) is 12.3 Å². The van der Waals surface area contributed by atoms with Crippen LogP contribution in [0.4, 0.5) is 5.69 Å². The number of carboxylic acid groups (broad SMARTS) is 1. The van der Waals surface area contributed by atoms with Crippen LogP contribution in [0, 0.1) is 5.92 Å². The van der Waals surface area contributed by atoms with E-state index >= 15 is 0 Å². The van der Waals surface area contributed by atoms with Crippen molar-refractivity contribution in [2.75, 3.05) is 18.0 Å². The molecule has 1 aromatic rings. The first-order valence-corrected chi connectivity index (χ1v) is 5.81. The number of aromatic nitrogens is 1. The molecule has 3 N–H and O–H groups in total. The Kier molecular flexibility index (Phi) is 3.45. The number of rotatable bonds is 3. The lowest BCUT2D eigenvalue weighted by atomic mass is 9.95. The molecule has 1 aliphatic heterocycles. The van der Waals surface area contributed by atoms with Crippen LogP contribution < -0.4 is 10.6 Å². The average Bonchev–Trinajstić information content (AvgIpc) is 2.39. The Bertz CT molecular complexity index is 467. The summed E-state index contributed by atoms with van der Waals surface area (Å²) in [4.78, 5) is 28.1. The molecule has 0 saturated carbocycles. The Hall–Kier alpha value is -2.11. The van der Waals surface area contributed by atoms with Gasteiger partial charge in [0.05, 0.1) is 17.4 Å². The van der Waals surface area contributed by atoms with E-state index in [9.17, 15) is 9.59 Å². The second-order valence-corrected chi connectivity index (χ2v) is 4.36. The van der Waals surface area contributed by atoms with Crippen molar-refractivity contribution < 1.29 is 14.7 Å². The summed E-state index contributed by atoms with van der Waals surface area (Å²) in [5, 5.41) is 9.11. The first kappa shape index (κ1) is 12.3. The highest BCUT2D eigenvalue weighted by Gasteiger charge is 2.25. The molecule has 2 heterocycles. The van der Waals surface area contributed by atoms with Crippen LogP contribution in [0.5, 0.6) is 0 Å². The van der Waals surface area contributed by atoms with E-state index in [1.807, 2.05) is 4.90 Å². The van der Waals surface area contributed by atoms with Gasteiger partial charge in [0.1, 0.15) is 0 Å². The maximum Gasteiger partial charge on any atom is 0.337 e. The van der Waals surface area contributed by atoms with E-state index in [1.54, 1.807) is 6.20 Å². The first-order valence-electron chi connectivity index (χ1n) is 5.81. The monoisotopic (exact) mass is 249 g/mol. The Balaban J connectivity index is 2.15. The quantitative estimate of drug-likeness (QED) is 0.812. The van der Waals surface area contributed by atoms with Gasteiger partial charge in [-0.3, -0.25) is 9.78 Å². The van der Waals surface area contributed by atoms with Gasteiger partial charge in [-0.25, -0.2) is 4.79 Å². The average molecular weight is 249 g/mol. The molecule has 6 heteroatoms. The summed E-state index contributed by atoms with van der Waals surface area (Å²) >= 11 is 0. The number of carbonyl (C=O) groups excluding carboxylic acids is 1. The van der Waals surface area contributed by atoms with E-state index in [0.717, 1.165) is 0 Å². The van der Waals surface area contributed by atoms with Gasteiger partial charge < -0.3 is 15.7 Å². The fourth-order valence-electron chi connectivity index (χ4n) is 2.22. The molecule has 6 nitrogen and oxygen atoms in total. The Labute approximate surface area is 104 Å². The van der Waals surface area contributed by atoms with Crippen molar-refractivity contribution in [3.8, 4) is 0 Å². The summed E-state index contributed by atoms with van der Waals surface area (Å²) in [5.41, 5.74) is 6.11. The number of pyridine rings is 1. The molecule has 0 spiro atoms. The minimum absolute atomic E-state index is 0.105. The standard InChI is InChI=1S/C12H15N3O3/c13-11(16)8-2-5-15(6-3-8)10-7-14-4-1-9(10)12(17)18/h1,4,7-8H,2-3,5-6H2,(H2,13,16)(H,17,18). The Morgan fingerprint density at radius 1 is 1.39 bits per heavy atom. The third-order valence-electron chi connectivity index (χ3n) is 3.27. The summed E-state index contributed by atoms with van der Waals surface area (Å²) < 4.78 is 0. The molecule has 0 aliphatic carbocycles. The number of hydrogen-bond acceptors (Lipinski definition) is 4. The van der Waals surface area contributed by atoms with Crippen molar-refractivity contribution >= 4 is 17.6 Å². The lowest BCUT2D eigenvalue weighted by molar-refractivity contribution is -0.122. The SMILES string of the molecule is NC(=O)C1CCN(c2cnccc2C(=O)O)CC1. The second-order valence-electron chi connectivity index (χ2n) is 4.36. The molecule has 1 saturated heterocycles. The van der Waals surface area contributed by atoms with Gasteiger partial charge in [0.25, 0.3) is 0 Å². The van der Waals surface area contributed by atoms with E-state index in [2.05, 4.69) is 4.98 Å². The number of nitrogens with two attached hydrogens (primary N) is 1. The molecule has 1 fully saturated rings. The molecule has 0 aromatic carbocycles. The minimum atomic E-state index is -0.968. The van der Waals surface area contributed by atoms with Gasteiger partial charge in [-0.1, -0.05) is 0 Å². The van der Waals surface area contributed by atoms with E-state index in [-0.39, 0.29) is 17.4 Å². The van der Waals surface area contributed by atoms with Gasteiger partial charge in [-0.2, -0.15) is 0 Å². The predicted molar refractivity (Wildman–Crippen MR) is 65.3 cm³/mol. The Morgan fingerprint density at radius 3 is 2.61 bits per heavy atom. The van der Waals surface area contributed by atoms with Gasteiger partial charge >= 0.3 is 5.97 Å². The summed E-state index contributed by atoms with van der Waals surface area (Å²) in [6.45, 7) is 1.25. The van der Waals surface area contributed by atoms with E-state index < -0.39 is 5.97 Å². The molecule has 96 valence electrons. The minimum Gasteiger partial charge on any atom is -0.478 e. The summed E-state index contributed by atoms with van der Waals surface area (Å²) in [6, 6.07) is 1.48. The predicted octanol–water partition coefficient (Wildman–Crippen LogP) is 0.481. The van der Waals surface area contributed by atoms with Crippen LogP contribution in [0.2, 0.25) is 0 Å². The molecule has 1 amide bonds. The number of primary amides is 1. The van der Waals surface area contributed by atoms with E-state index in [4.69, 9.17) is 10.8 Å². The van der Waals surface area contributed by atoms with Crippen LogP contribution in [0.15, 0.2) is 18.5 Å². The van der Waals surface area contributed by atoms with Crippen LogP contribution in [0.3, 0.4) is 0 Å². The zero-order valence-electron chi connectivity index (χ0n) is 9.87. The van der Waals surface area contributed by atoms with Crippen LogP contribution in [-0.4, -0.2) is 35.1 Å². The van der Waals surface area contributed by atoms with Crippen LogP contribution >= 0.6 is 0 Å². The maximum atomic E-state index is 11.1. The number of hydrogen-bond donors (Lipinski definition) is 2. The van der Waals surface area contributed by atoms with Crippen LogP contribution in [0.25, 0.3) is 0 Å². The number of carboxylic acids is 1. The van der Waals surface area contributed by atoms with Crippen molar-refractivity contribution in [3.63, 3.8) is 0 Å². The summed E-state index contributed by atoms with van der Waals surface area (Å²) in [7, 11) is 0. The molecule has 1 aliphatic rings. The molecule has 0 bridgehead atoms. The zero-order valence-corrected chi connectivity index (χ0v) is 9.87. The number of carbonyl (C=O) groups is 2. The largest absolute Gasteiger partial charge is 0.478 e. The normalized spacial score (nSPS) is 16.6. The highest BCUT2D eigenvalue weighted by molar-refractivity contribution is 5.94. The van der Waals surface area contributed by atoms with Crippen molar-refractivity contribution in [3.05, 3.63) is 24.0 Å². The number of amides is 1. The third kappa shape index (κ3) is 2.42. The van der Waals surface area contributed by atoms with Gasteiger partial charge in [0, 0.05) is 25.2 Å². The van der Waals surface area contributed by atoms with Gasteiger partial charge in [-0.05, 0) is 18.9 Å². The first-order chi connectivity index (χ1) is 8.59. The fourth-order valence-corrected chi connectivity index (χ4v) is 2.22. The summed E-state index contributed by atoms with van der Waals surface area (Å²) in [6.07, 6.45) is 4.32. The fraction of sp³-hybridized carbons (Fsp3) is 0.417. The molecule has 0 radical (unpaired) electrons. The molecular formula is C12H15N3O3. The maximum absolute atomic E-state index is 11.1. The van der Waals surface area contributed by atoms with Crippen molar-refractivity contribution in [2.24, 2.45) is 11.7 Å². The summed E-state index contributed by atoms with van der Waals surface area (Å²) in [5.74, 6) is -1.35. The molecule has 1 aromatic heterocycles. The number of piperidine rings is 1. The lowest BCUT2D eigenvalue weighted by Crippen LogP contribution is -2.39. The number of nitrogens with zero attached hydrogens (tertiary/aromatic N) is 2.